The summed E-state index contributed by atoms with van der Waals surface area (Å²) in [5.41, 5.74) is 2.91. The molecule has 0 amide bonds. The van der Waals surface area contributed by atoms with Gasteiger partial charge in [-0.1, -0.05) is 18.2 Å². The van der Waals surface area contributed by atoms with Crippen LogP contribution in [-0.4, -0.2) is 27.4 Å². The number of rotatable bonds is 2. The summed E-state index contributed by atoms with van der Waals surface area (Å²) in [6, 6.07) is 12.0. The number of para-hydroxylation sites is 1. The van der Waals surface area contributed by atoms with Crippen molar-refractivity contribution in [2.75, 3.05) is 18.0 Å². The number of pyridine rings is 1. The van der Waals surface area contributed by atoms with Gasteiger partial charge in [-0.05, 0) is 25.0 Å². The summed E-state index contributed by atoms with van der Waals surface area (Å²) < 4.78 is 3.51. The molecule has 1 aliphatic rings. The summed E-state index contributed by atoms with van der Waals surface area (Å²) in [5.74, 6) is 0.460. The summed E-state index contributed by atoms with van der Waals surface area (Å²) in [6.07, 6.45) is 3.80. The predicted molar refractivity (Wildman–Crippen MR) is 101 cm³/mol. The van der Waals surface area contributed by atoms with E-state index in [4.69, 9.17) is 0 Å². The average molecular weight is 347 g/mol. The maximum Gasteiger partial charge on any atom is 0.270 e. The van der Waals surface area contributed by atoms with Gasteiger partial charge in [-0.2, -0.15) is 10.4 Å². The Morgan fingerprint density at radius 2 is 1.88 bits per heavy atom. The fraction of sp³-hybridized carbons (Fsp3) is 0.350. The highest BCUT2D eigenvalue weighted by molar-refractivity contribution is 5.94. The molecule has 0 unspecified atom stereocenters. The lowest BCUT2D eigenvalue weighted by atomic mass is 9.92. The summed E-state index contributed by atoms with van der Waals surface area (Å²) in [5, 5.41) is 14.9. The van der Waals surface area contributed by atoms with Gasteiger partial charge in [0.1, 0.15) is 11.6 Å². The van der Waals surface area contributed by atoms with E-state index in [9.17, 15) is 10.1 Å². The molecule has 0 atom stereocenters. The Morgan fingerprint density at radius 3 is 2.54 bits per heavy atom. The first-order valence-corrected chi connectivity index (χ1v) is 8.86. The molecule has 0 bridgehead atoms. The maximum absolute atomic E-state index is 12.7. The lowest BCUT2D eigenvalue weighted by molar-refractivity contribution is 0.477. The SMILES string of the molecule is Cn1nccc1C1CCN(c2c(C#N)c(=O)n(C)c3ccccc23)CC1. The van der Waals surface area contributed by atoms with Crippen molar-refractivity contribution in [3.05, 3.63) is 58.1 Å². The van der Waals surface area contributed by atoms with E-state index in [0.29, 0.717) is 5.92 Å². The van der Waals surface area contributed by atoms with Crippen LogP contribution in [-0.2, 0) is 14.1 Å². The molecule has 6 nitrogen and oxygen atoms in total. The molecule has 3 aromatic rings. The standard InChI is InChI=1S/C20H21N5O/c1-23-18-6-4-3-5-15(18)19(16(13-21)20(23)26)25-11-8-14(9-12-25)17-7-10-22-24(17)2/h3-7,10,14H,8-9,11-12H2,1-2H3. The molecular formula is C20H21N5O. The Kier molecular flexibility index (Phi) is 4.00. The van der Waals surface area contributed by atoms with Gasteiger partial charge in [0, 0.05) is 50.4 Å². The van der Waals surface area contributed by atoms with Crippen molar-refractivity contribution in [1.82, 2.24) is 14.3 Å². The third-order valence-corrected chi connectivity index (χ3v) is 5.48. The zero-order valence-corrected chi connectivity index (χ0v) is 15.0. The molecule has 4 rings (SSSR count). The van der Waals surface area contributed by atoms with Crippen LogP contribution in [0.5, 0.6) is 0 Å². The molecule has 26 heavy (non-hydrogen) atoms. The van der Waals surface area contributed by atoms with E-state index in [2.05, 4.69) is 22.1 Å². The quantitative estimate of drug-likeness (QED) is 0.714. The fourth-order valence-electron chi connectivity index (χ4n) is 4.09. The second kappa shape index (κ2) is 6.34. The first-order valence-electron chi connectivity index (χ1n) is 8.86. The Labute approximate surface area is 151 Å². The van der Waals surface area contributed by atoms with Gasteiger partial charge in [0.2, 0.25) is 0 Å². The predicted octanol–water partition coefficient (Wildman–Crippen LogP) is 2.53. The van der Waals surface area contributed by atoms with Gasteiger partial charge >= 0.3 is 0 Å². The second-order valence-corrected chi connectivity index (χ2v) is 6.86. The molecule has 0 radical (unpaired) electrons. The molecule has 0 N–H and O–H groups in total. The van der Waals surface area contributed by atoms with Crippen LogP contribution in [0.25, 0.3) is 10.9 Å². The molecule has 2 aromatic heterocycles. The van der Waals surface area contributed by atoms with Crippen LogP contribution >= 0.6 is 0 Å². The Hall–Kier alpha value is -3.07. The minimum absolute atomic E-state index is 0.227. The number of aromatic nitrogens is 3. The van der Waals surface area contributed by atoms with Gasteiger partial charge in [0.05, 0.1) is 11.2 Å². The highest BCUT2D eigenvalue weighted by Crippen LogP contribution is 2.34. The summed E-state index contributed by atoms with van der Waals surface area (Å²) >= 11 is 0. The number of hydrogen-bond acceptors (Lipinski definition) is 4. The van der Waals surface area contributed by atoms with Crippen molar-refractivity contribution >= 4 is 16.6 Å². The number of aryl methyl sites for hydroxylation is 2. The number of fused-ring (bicyclic) bond motifs is 1. The van der Waals surface area contributed by atoms with Crippen LogP contribution in [0.4, 0.5) is 5.69 Å². The molecule has 1 aliphatic heterocycles. The van der Waals surface area contributed by atoms with Gasteiger partial charge in [-0.3, -0.25) is 9.48 Å². The van der Waals surface area contributed by atoms with E-state index in [1.165, 1.54) is 5.69 Å². The third-order valence-electron chi connectivity index (χ3n) is 5.48. The van der Waals surface area contributed by atoms with Crippen LogP contribution in [0, 0.1) is 11.3 Å². The molecule has 0 aliphatic carbocycles. The van der Waals surface area contributed by atoms with Crippen LogP contribution in [0.3, 0.4) is 0 Å². The van der Waals surface area contributed by atoms with E-state index < -0.39 is 0 Å². The zero-order valence-electron chi connectivity index (χ0n) is 15.0. The van der Waals surface area contributed by atoms with Crippen molar-refractivity contribution in [2.24, 2.45) is 14.1 Å². The topological polar surface area (TPSA) is 66.8 Å². The van der Waals surface area contributed by atoms with Crippen LogP contribution in [0.15, 0.2) is 41.3 Å². The lowest BCUT2D eigenvalue weighted by Crippen LogP contribution is -2.36. The van der Waals surface area contributed by atoms with E-state index >= 15 is 0 Å². The van der Waals surface area contributed by atoms with Gasteiger partial charge in [0.25, 0.3) is 5.56 Å². The number of nitriles is 1. The highest BCUT2D eigenvalue weighted by atomic mass is 16.1. The molecule has 0 spiro atoms. The number of nitrogens with zero attached hydrogens (tertiary/aromatic N) is 5. The second-order valence-electron chi connectivity index (χ2n) is 6.86. The number of anilines is 1. The lowest BCUT2D eigenvalue weighted by Gasteiger charge is -2.34. The fourth-order valence-corrected chi connectivity index (χ4v) is 4.09. The molecule has 6 heteroatoms. The molecular weight excluding hydrogens is 326 g/mol. The smallest absolute Gasteiger partial charge is 0.270 e. The number of benzene rings is 1. The summed E-state index contributed by atoms with van der Waals surface area (Å²) in [4.78, 5) is 14.9. The monoisotopic (exact) mass is 347 g/mol. The number of piperidine rings is 1. The van der Waals surface area contributed by atoms with Crippen molar-refractivity contribution < 1.29 is 0 Å². The third kappa shape index (κ3) is 2.48. The van der Waals surface area contributed by atoms with E-state index in [1.807, 2.05) is 42.2 Å². The summed E-state index contributed by atoms with van der Waals surface area (Å²) in [7, 11) is 3.70. The molecule has 132 valence electrons. The van der Waals surface area contributed by atoms with Crippen LogP contribution in [0.2, 0.25) is 0 Å². The largest absolute Gasteiger partial charge is 0.370 e. The van der Waals surface area contributed by atoms with Crippen molar-refractivity contribution in [2.45, 2.75) is 18.8 Å². The van der Waals surface area contributed by atoms with Crippen molar-refractivity contribution in [3.63, 3.8) is 0 Å². The van der Waals surface area contributed by atoms with Gasteiger partial charge in [-0.15, -0.1) is 0 Å². The average Bonchev–Trinajstić information content (AvgIpc) is 3.10. The minimum atomic E-state index is -0.227. The van der Waals surface area contributed by atoms with Gasteiger partial charge in [0.15, 0.2) is 0 Å². The molecule has 3 heterocycles. The van der Waals surface area contributed by atoms with Gasteiger partial charge in [-0.25, -0.2) is 0 Å². The summed E-state index contributed by atoms with van der Waals surface area (Å²) in [6.45, 7) is 1.64. The molecule has 1 fully saturated rings. The van der Waals surface area contributed by atoms with Crippen LogP contribution in [0.1, 0.15) is 30.0 Å². The zero-order chi connectivity index (χ0) is 18.3. The first kappa shape index (κ1) is 16.4. The maximum atomic E-state index is 12.7. The van der Waals surface area contributed by atoms with E-state index in [0.717, 1.165) is 42.5 Å². The Morgan fingerprint density at radius 1 is 1.15 bits per heavy atom. The Bertz CT molecular complexity index is 1060. The molecule has 0 saturated carbocycles. The Balaban J connectivity index is 1.74. The molecule has 1 saturated heterocycles. The highest BCUT2D eigenvalue weighted by Gasteiger charge is 2.26. The normalized spacial score (nSPS) is 15.3. The van der Waals surface area contributed by atoms with Crippen LogP contribution < -0.4 is 10.5 Å². The minimum Gasteiger partial charge on any atom is -0.370 e. The van der Waals surface area contributed by atoms with Gasteiger partial charge < -0.3 is 9.47 Å². The molecule has 1 aromatic carbocycles. The number of hydrogen-bond donors (Lipinski definition) is 0. The van der Waals surface area contributed by atoms with Crippen molar-refractivity contribution in [1.29, 1.82) is 5.26 Å². The first-order chi connectivity index (χ1) is 12.6. The van der Waals surface area contributed by atoms with Crippen molar-refractivity contribution in [3.8, 4) is 6.07 Å². The van der Waals surface area contributed by atoms with E-state index in [-0.39, 0.29) is 11.1 Å². The van der Waals surface area contributed by atoms with E-state index in [1.54, 1.807) is 11.6 Å².